The van der Waals surface area contributed by atoms with Crippen LogP contribution in [0.3, 0.4) is 0 Å². The smallest absolute Gasteiger partial charge is 0.385 e. The van der Waals surface area contributed by atoms with Crippen LogP contribution in [0.1, 0.15) is 18.9 Å². The number of nitrogens with two attached hydrogens (primary N) is 1. The third kappa shape index (κ3) is 4.87. The highest BCUT2D eigenvalue weighted by atomic mass is 32.2. The molecule has 30 heavy (non-hydrogen) atoms. The maximum atomic E-state index is 14.5. The van der Waals surface area contributed by atoms with Crippen molar-refractivity contribution in [2.24, 2.45) is 16.6 Å². The zero-order valence-electron chi connectivity index (χ0n) is 17.8. The van der Waals surface area contributed by atoms with Crippen molar-refractivity contribution in [1.29, 1.82) is 0 Å². The van der Waals surface area contributed by atoms with E-state index in [0.717, 1.165) is 12.1 Å². The Morgan fingerprint density at radius 1 is 1.40 bits per heavy atom. The molecule has 3 atom stereocenters. The van der Waals surface area contributed by atoms with Crippen molar-refractivity contribution >= 4 is 31.2 Å². The second kappa shape index (κ2) is 8.56. The van der Waals surface area contributed by atoms with Crippen LogP contribution in [-0.4, -0.2) is 44.0 Å². The lowest BCUT2D eigenvalue weighted by molar-refractivity contribution is 0.120. The van der Waals surface area contributed by atoms with E-state index in [1.54, 1.807) is 6.92 Å². The van der Waals surface area contributed by atoms with Gasteiger partial charge in [0.1, 0.15) is 6.73 Å². The number of carbonyl (C=O) groups is 1. The number of aliphatic imine (C=N–C) groups is 1. The number of carbonyl (C=O) groups excluding carboxylic acids is 1. The molecule has 1 aromatic carbocycles. The van der Waals surface area contributed by atoms with Gasteiger partial charge in [0, 0.05) is 37.5 Å². The van der Waals surface area contributed by atoms with Gasteiger partial charge in [-0.15, -0.1) is 0 Å². The van der Waals surface area contributed by atoms with Crippen LogP contribution in [0.4, 0.5) is 13.6 Å². The third-order valence-corrected chi connectivity index (χ3v) is 8.73. The van der Waals surface area contributed by atoms with Crippen LogP contribution < -0.4 is 11.1 Å². The van der Waals surface area contributed by atoms with Crippen LogP contribution in [0.15, 0.2) is 23.2 Å². The zero-order chi connectivity index (χ0) is 22.2. The number of hydrogen-bond donors (Lipinski definition) is 2. The highest BCUT2D eigenvalue weighted by Crippen LogP contribution is 2.65. The van der Waals surface area contributed by atoms with Crippen LogP contribution in [0.5, 0.6) is 0 Å². The third-order valence-electron chi connectivity index (χ3n) is 5.65. The summed E-state index contributed by atoms with van der Waals surface area (Å²) in [5, 5.41) is 2.63. The molecule has 0 spiro atoms. The van der Waals surface area contributed by atoms with Crippen molar-refractivity contribution in [3.05, 3.63) is 35.4 Å². The van der Waals surface area contributed by atoms with Crippen molar-refractivity contribution in [3.63, 3.8) is 0 Å². The van der Waals surface area contributed by atoms with Crippen molar-refractivity contribution < 1.29 is 23.0 Å². The maximum Gasteiger partial charge on any atom is 0.416 e. The van der Waals surface area contributed by atoms with Gasteiger partial charge in [-0.3, -0.25) is 5.32 Å². The van der Waals surface area contributed by atoms with Crippen molar-refractivity contribution in [2.45, 2.75) is 49.3 Å². The van der Waals surface area contributed by atoms with E-state index >= 15 is 0 Å². The molecule has 6 nitrogen and oxygen atoms in total. The molecule has 0 unspecified atom stereocenters. The Morgan fingerprint density at radius 3 is 2.80 bits per heavy atom. The summed E-state index contributed by atoms with van der Waals surface area (Å²) in [6.07, 6.45) is -0.0270. The first-order valence-electron chi connectivity index (χ1n) is 9.98. The minimum Gasteiger partial charge on any atom is -0.385 e. The van der Waals surface area contributed by atoms with Gasteiger partial charge in [-0.1, -0.05) is 43.5 Å². The molecule has 1 amide bonds. The first kappa shape index (κ1) is 23.2. The molecule has 1 heterocycles. The quantitative estimate of drug-likeness (QED) is 0.367. The minimum absolute atomic E-state index is 0.0295. The van der Waals surface area contributed by atoms with Crippen LogP contribution in [0.25, 0.3) is 0 Å². The monoisotopic (exact) mass is 457 g/mol. The molecule has 10 heteroatoms. The molecule has 1 aliphatic carbocycles. The molecular formula is C20H29F2N3O3SSi. The van der Waals surface area contributed by atoms with Crippen molar-refractivity contribution in [2.75, 3.05) is 19.9 Å². The topological polar surface area (TPSA) is 85.9 Å². The number of benzene rings is 1. The average molecular weight is 458 g/mol. The van der Waals surface area contributed by atoms with Gasteiger partial charge in [-0.25, -0.2) is 18.6 Å². The lowest BCUT2D eigenvalue weighted by Crippen LogP contribution is -2.39. The molecule has 0 radical (unpaired) electrons. The highest BCUT2D eigenvalue weighted by Gasteiger charge is 2.66. The number of thioether (sulfide) groups is 1. The molecule has 166 valence electrons. The number of rotatable bonds is 7. The molecule has 2 aliphatic rings. The van der Waals surface area contributed by atoms with Gasteiger partial charge in [0.2, 0.25) is 0 Å². The molecule has 0 bridgehead atoms. The molecular weight excluding hydrogens is 428 g/mol. The number of hydrogen-bond acceptors (Lipinski definition) is 6. The minimum atomic E-state index is -1.20. The number of halogens is 2. The predicted molar refractivity (Wildman–Crippen MR) is 117 cm³/mol. The summed E-state index contributed by atoms with van der Waals surface area (Å²) in [5.41, 5.74) is 5.04. The zero-order valence-corrected chi connectivity index (χ0v) is 19.6. The molecule has 0 saturated heterocycles. The summed E-state index contributed by atoms with van der Waals surface area (Å²) in [7, 11) is -1.20. The fourth-order valence-corrected chi connectivity index (χ4v) is 5.87. The summed E-state index contributed by atoms with van der Waals surface area (Å²) in [4.78, 5) is 16.7. The van der Waals surface area contributed by atoms with Gasteiger partial charge in [0.25, 0.3) is 5.23 Å². The molecule has 1 aliphatic heterocycles. The molecule has 3 rings (SSSR count). The van der Waals surface area contributed by atoms with Crippen LogP contribution >= 0.6 is 11.8 Å². The van der Waals surface area contributed by atoms with Crippen molar-refractivity contribution in [1.82, 2.24) is 5.32 Å². The van der Waals surface area contributed by atoms with E-state index in [1.807, 2.05) is 0 Å². The first-order chi connectivity index (χ1) is 14.0. The molecule has 0 aromatic heterocycles. The number of fused-ring (bicyclic) bond motifs is 1. The van der Waals surface area contributed by atoms with E-state index < -0.39 is 36.1 Å². The molecule has 1 saturated carbocycles. The predicted octanol–water partition coefficient (Wildman–Crippen LogP) is 4.04. The number of ether oxygens (including phenoxy) is 2. The molecule has 1 fully saturated rings. The molecule has 1 aromatic rings. The second-order valence-corrected chi connectivity index (χ2v) is 16.2. The van der Waals surface area contributed by atoms with Crippen LogP contribution in [-0.2, 0) is 15.0 Å². The summed E-state index contributed by atoms with van der Waals surface area (Å²) in [6.45, 7) is 9.38. The Hall–Kier alpha value is -1.49. The van der Waals surface area contributed by atoms with E-state index in [0.29, 0.717) is 19.6 Å². The Bertz CT molecular complexity index is 851. The van der Waals surface area contributed by atoms with Gasteiger partial charge < -0.3 is 15.2 Å². The van der Waals surface area contributed by atoms with Gasteiger partial charge in [-0.05, 0) is 25.5 Å². The lowest BCUT2D eigenvalue weighted by Gasteiger charge is -2.34. The number of alkyl carbamates (subject to hydrolysis) is 1. The highest BCUT2D eigenvalue weighted by molar-refractivity contribution is 8.15. The fraction of sp³-hybridized carbons (Fsp3) is 0.600. The maximum absolute atomic E-state index is 14.5. The number of nitrogens with zero attached hydrogens (tertiary/aromatic N) is 1. The second-order valence-electron chi connectivity index (χ2n) is 9.18. The summed E-state index contributed by atoms with van der Waals surface area (Å²) in [5.74, 6) is -1.94. The summed E-state index contributed by atoms with van der Waals surface area (Å²) in [6, 6.07) is 5.03. The number of nitrogens with one attached hydrogen (secondary N) is 1. The van der Waals surface area contributed by atoms with Gasteiger partial charge >= 0.3 is 6.09 Å². The van der Waals surface area contributed by atoms with Gasteiger partial charge in [0.05, 0.1) is 5.54 Å². The average Bonchev–Trinajstić information content (AvgIpc) is 3.39. The van der Waals surface area contributed by atoms with E-state index in [2.05, 4.69) is 30.0 Å². The largest absolute Gasteiger partial charge is 0.416 e. The van der Waals surface area contributed by atoms with E-state index in [9.17, 15) is 13.6 Å². The lowest BCUT2D eigenvalue weighted by atomic mass is 9.85. The van der Waals surface area contributed by atoms with Gasteiger partial charge in [-0.2, -0.15) is 0 Å². The Kier molecular flexibility index (Phi) is 6.62. The normalized spacial score (nSPS) is 27.8. The van der Waals surface area contributed by atoms with Crippen molar-refractivity contribution in [3.8, 4) is 0 Å². The Morgan fingerprint density at radius 2 is 2.13 bits per heavy atom. The summed E-state index contributed by atoms with van der Waals surface area (Å²) < 4.78 is 38.8. The summed E-state index contributed by atoms with van der Waals surface area (Å²) >= 11 is 1.28. The SMILES string of the molecule is C[C@]1(c2cccc(F)c2F)N=C(OC(=O)NCOCC[Si](C)(C)C)S[C@@]2(CN)C[C@H]21. The van der Waals surface area contributed by atoms with Gasteiger partial charge in [0.15, 0.2) is 11.6 Å². The Labute approximate surface area is 181 Å². The van der Waals surface area contributed by atoms with Crippen LogP contribution in [0, 0.1) is 17.6 Å². The first-order valence-corrected chi connectivity index (χ1v) is 14.5. The fourth-order valence-electron chi connectivity index (χ4n) is 3.70. The van der Waals surface area contributed by atoms with E-state index in [-0.39, 0.29) is 23.4 Å². The van der Waals surface area contributed by atoms with E-state index in [1.165, 1.54) is 23.9 Å². The van der Waals surface area contributed by atoms with E-state index in [4.69, 9.17) is 15.2 Å². The Balaban J connectivity index is 1.69. The number of amides is 1. The molecule has 3 N–H and O–H groups in total. The standard InChI is InChI=1S/C20H29F2N3O3SSi/c1-19(13-6-5-7-14(21)16(13)22)15-10-20(15,11-23)29-18(25-19)28-17(26)24-12-27-8-9-30(2,3)4/h5-7,15H,8-12,23H2,1-4H3,(H,24,26)/t15-,19+,20+/m0/s1. The van der Waals surface area contributed by atoms with Crippen LogP contribution in [0.2, 0.25) is 25.7 Å².